The van der Waals surface area contributed by atoms with E-state index in [0.717, 1.165) is 26.9 Å². The van der Waals surface area contributed by atoms with E-state index < -0.39 is 5.97 Å². The van der Waals surface area contributed by atoms with Crippen LogP contribution < -0.4 is 5.32 Å². The summed E-state index contributed by atoms with van der Waals surface area (Å²) in [5.74, 6) is 6.25. The molecule has 1 aromatic carbocycles. The van der Waals surface area contributed by atoms with Gasteiger partial charge in [0.15, 0.2) is 5.65 Å². The minimum absolute atomic E-state index is 0.138. The van der Waals surface area contributed by atoms with E-state index in [1.807, 2.05) is 28.8 Å². The van der Waals surface area contributed by atoms with Crippen molar-refractivity contribution in [1.82, 2.24) is 14.4 Å². The Hall–Kier alpha value is -3.63. The second-order valence-corrected chi connectivity index (χ2v) is 9.27. The van der Waals surface area contributed by atoms with Crippen molar-refractivity contribution in [2.75, 3.05) is 5.32 Å². The Kier molecular flexibility index (Phi) is 5.25. The van der Waals surface area contributed by atoms with Gasteiger partial charge in [0.25, 0.3) is 0 Å². The summed E-state index contributed by atoms with van der Waals surface area (Å²) < 4.78 is 2.00. The van der Waals surface area contributed by atoms with Crippen LogP contribution in [-0.4, -0.2) is 31.0 Å². The second-order valence-electron chi connectivity index (χ2n) is 8.19. The molecular formula is C24H22N4O2S. The van der Waals surface area contributed by atoms with Crippen molar-refractivity contribution in [3.8, 4) is 22.4 Å². The maximum Gasteiger partial charge on any atom is 0.335 e. The lowest BCUT2D eigenvalue weighted by molar-refractivity contribution is 0.0696. The number of carboxylic acids is 1. The Morgan fingerprint density at radius 3 is 2.74 bits per heavy atom. The number of rotatable bonds is 3. The van der Waals surface area contributed by atoms with Gasteiger partial charge in [0.2, 0.25) is 0 Å². The number of aromatic carboxylic acids is 1. The van der Waals surface area contributed by atoms with Crippen LogP contribution in [-0.2, 0) is 0 Å². The molecule has 0 aliphatic rings. The number of benzene rings is 1. The van der Waals surface area contributed by atoms with Crippen LogP contribution in [0.15, 0.2) is 48.9 Å². The van der Waals surface area contributed by atoms with E-state index in [1.165, 1.54) is 0 Å². The quantitative estimate of drug-likeness (QED) is 0.444. The molecule has 31 heavy (non-hydrogen) atoms. The van der Waals surface area contributed by atoms with Gasteiger partial charge in [0, 0.05) is 23.5 Å². The summed E-state index contributed by atoms with van der Waals surface area (Å²) in [4.78, 5) is 22.2. The van der Waals surface area contributed by atoms with E-state index in [9.17, 15) is 9.90 Å². The monoisotopic (exact) mass is 430 g/mol. The number of nitrogens with zero attached hydrogens (tertiary/aromatic N) is 3. The number of aromatic nitrogens is 3. The van der Waals surface area contributed by atoms with E-state index in [2.05, 4.69) is 42.9 Å². The number of fused-ring (bicyclic) bond motifs is 1. The van der Waals surface area contributed by atoms with Gasteiger partial charge in [-0.1, -0.05) is 17.9 Å². The Balaban J connectivity index is 1.72. The number of carbonyl (C=O) groups is 1. The molecule has 0 radical (unpaired) electrons. The molecule has 6 nitrogen and oxygen atoms in total. The summed E-state index contributed by atoms with van der Waals surface area (Å²) in [6.45, 7) is 8.10. The normalized spacial score (nSPS) is 11.2. The molecule has 0 saturated carbocycles. The first-order valence-electron chi connectivity index (χ1n) is 9.78. The smallest absolute Gasteiger partial charge is 0.335 e. The zero-order valence-corrected chi connectivity index (χ0v) is 18.5. The maximum atomic E-state index is 11.3. The molecule has 156 valence electrons. The van der Waals surface area contributed by atoms with Crippen LogP contribution in [0.2, 0.25) is 0 Å². The Bertz CT molecular complexity index is 1350. The molecule has 0 saturated heterocycles. The molecule has 2 N–H and O–H groups in total. The third-order valence-corrected chi connectivity index (χ3v) is 5.65. The van der Waals surface area contributed by atoms with E-state index in [1.54, 1.807) is 42.8 Å². The van der Waals surface area contributed by atoms with Crippen LogP contribution in [0, 0.1) is 18.8 Å². The van der Waals surface area contributed by atoms with Crippen LogP contribution in [0.5, 0.6) is 0 Å². The van der Waals surface area contributed by atoms with Crippen molar-refractivity contribution < 1.29 is 9.90 Å². The lowest BCUT2D eigenvalue weighted by Gasteiger charge is -2.22. The van der Waals surface area contributed by atoms with E-state index in [-0.39, 0.29) is 11.1 Å². The van der Waals surface area contributed by atoms with Crippen LogP contribution >= 0.6 is 11.3 Å². The predicted molar refractivity (Wildman–Crippen MR) is 124 cm³/mol. The van der Waals surface area contributed by atoms with Gasteiger partial charge < -0.3 is 10.4 Å². The highest BCUT2D eigenvalue weighted by molar-refractivity contribution is 7.16. The highest BCUT2D eigenvalue weighted by Crippen LogP contribution is 2.34. The number of thiophene rings is 1. The third kappa shape index (κ3) is 4.30. The molecule has 0 spiro atoms. The molecule has 0 bridgehead atoms. The molecule has 7 heteroatoms. The summed E-state index contributed by atoms with van der Waals surface area (Å²) >= 11 is 1.55. The van der Waals surface area contributed by atoms with Crippen molar-refractivity contribution in [1.29, 1.82) is 0 Å². The topological polar surface area (TPSA) is 79.5 Å². The minimum atomic E-state index is -0.945. The average Bonchev–Trinajstić information content (AvgIpc) is 3.31. The van der Waals surface area contributed by atoms with Gasteiger partial charge in [0.05, 0.1) is 21.5 Å². The van der Waals surface area contributed by atoms with Gasteiger partial charge in [0.1, 0.15) is 11.5 Å². The number of nitrogens with one attached hydrogen (secondary N) is 1. The number of hydrogen-bond acceptors (Lipinski definition) is 5. The van der Waals surface area contributed by atoms with Crippen molar-refractivity contribution >= 4 is 28.8 Å². The van der Waals surface area contributed by atoms with Crippen molar-refractivity contribution in [3.05, 3.63) is 70.5 Å². The molecular weight excluding hydrogens is 408 g/mol. The van der Waals surface area contributed by atoms with E-state index in [0.29, 0.717) is 11.1 Å². The SMILES string of the molecule is Cc1c(C#Cc2ccc(-c3nc4cnccn4c3NC(C)(C)C)s2)cccc1C(=O)O. The fraction of sp³-hybridized carbons (Fsp3) is 0.208. The standard InChI is InChI=1S/C24H22N4O2S/c1-15-16(6-5-7-18(15)23(29)30)8-9-17-10-11-19(31-17)21-22(27-24(2,3)4)28-13-12-25-14-20(28)26-21/h5-7,10-14,27H,1-4H3,(H,29,30). The number of imidazole rings is 1. The van der Waals surface area contributed by atoms with Gasteiger partial charge in [-0.25, -0.2) is 9.78 Å². The fourth-order valence-corrected chi connectivity index (χ4v) is 4.07. The second kappa shape index (κ2) is 7.89. The molecule has 3 heterocycles. The highest BCUT2D eigenvalue weighted by Gasteiger charge is 2.20. The molecule has 0 unspecified atom stereocenters. The molecule has 0 aliphatic heterocycles. The van der Waals surface area contributed by atoms with E-state index in [4.69, 9.17) is 4.98 Å². The first kappa shape index (κ1) is 20.6. The lowest BCUT2D eigenvalue weighted by Crippen LogP contribution is -2.27. The summed E-state index contributed by atoms with van der Waals surface area (Å²) in [7, 11) is 0. The number of hydrogen-bond donors (Lipinski definition) is 2. The largest absolute Gasteiger partial charge is 0.478 e. The molecule has 0 amide bonds. The zero-order valence-electron chi connectivity index (χ0n) is 17.7. The average molecular weight is 431 g/mol. The highest BCUT2D eigenvalue weighted by atomic mass is 32.1. The zero-order chi connectivity index (χ0) is 22.2. The van der Waals surface area contributed by atoms with Crippen molar-refractivity contribution in [2.24, 2.45) is 0 Å². The van der Waals surface area contributed by atoms with Crippen molar-refractivity contribution in [3.63, 3.8) is 0 Å². The van der Waals surface area contributed by atoms with Gasteiger partial charge in [-0.2, -0.15) is 0 Å². The van der Waals surface area contributed by atoms with Crippen LogP contribution in [0.3, 0.4) is 0 Å². The molecule has 4 aromatic rings. The van der Waals surface area contributed by atoms with Crippen molar-refractivity contribution in [2.45, 2.75) is 33.2 Å². The Morgan fingerprint density at radius 1 is 1.19 bits per heavy atom. The Morgan fingerprint density at radius 2 is 2.00 bits per heavy atom. The minimum Gasteiger partial charge on any atom is -0.478 e. The fourth-order valence-electron chi connectivity index (χ4n) is 3.22. The van der Waals surface area contributed by atoms with Crippen LogP contribution in [0.4, 0.5) is 5.82 Å². The van der Waals surface area contributed by atoms with E-state index >= 15 is 0 Å². The number of carboxylic acid groups (broad SMARTS) is 1. The molecule has 0 fully saturated rings. The van der Waals surface area contributed by atoms with Gasteiger partial charge in [-0.15, -0.1) is 11.3 Å². The summed E-state index contributed by atoms with van der Waals surface area (Å²) in [5.41, 5.74) is 3.14. The Labute approximate surface area is 184 Å². The molecule has 4 rings (SSSR count). The third-order valence-electron chi connectivity index (χ3n) is 4.65. The summed E-state index contributed by atoms with van der Waals surface area (Å²) in [6, 6.07) is 9.12. The van der Waals surface area contributed by atoms with Gasteiger partial charge >= 0.3 is 5.97 Å². The lowest BCUT2D eigenvalue weighted by atomic mass is 10.0. The number of anilines is 1. The van der Waals surface area contributed by atoms with Gasteiger partial charge in [-0.05, 0) is 57.5 Å². The van der Waals surface area contributed by atoms with Gasteiger partial charge in [-0.3, -0.25) is 9.38 Å². The van der Waals surface area contributed by atoms with Crippen LogP contribution in [0.1, 0.15) is 47.1 Å². The van der Waals surface area contributed by atoms with Crippen LogP contribution in [0.25, 0.3) is 16.2 Å². The molecule has 0 atom stereocenters. The summed E-state index contributed by atoms with van der Waals surface area (Å²) in [5, 5.41) is 12.9. The first-order chi connectivity index (χ1) is 14.7. The maximum absolute atomic E-state index is 11.3. The molecule has 3 aromatic heterocycles. The predicted octanol–water partition coefficient (Wildman–Crippen LogP) is 5.07. The first-order valence-corrected chi connectivity index (χ1v) is 10.6. The molecule has 0 aliphatic carbocycles. The summed E-state index contributed by atoms with van der Waals surface area (Å²) in [6.07, 6.45) is 5.38.